The Bertz CT molecular complexity index is 863. The maximum absolute atomic E-state index is 13.9. The number of hydrogen-bond acceptors (Lipinski definition) is 5. The molecule has 1 aromatic rings. The molecule has 29 heavy (non-hydrogen) atoms. The zero-order chi connectivity index (χ0) is 21.8. The van der Waals surface area contributed by atoms with Crippen molar-refractivity contribution in [3.8, 4) is 0 Å². The van der Waals surface area contributed by atoms with Crippen molar-refractivity contribution in [2.75, 3.05) is 32.7 Å². The van der Waals surface area contributed by atoms with E-state index in [1.54, 1.807) is 20.8 Å². The Morgan fingerprint density at radius 3 is 2.34 bits per heavy atom. The molecule has 8 nitrogen and oxygen atoms in total. The number of nitrogens with zero attached hydrogens (tertiary/aromatic N) is 2. The van der Waals surface area contributed by atoms with Gasteiger partial charge < -0.3 is 15.0 Å². The van der Waals surface area contributed by atoms with Crippen LogP contribution >= 0.6 is 0 Å². The highest BCUT2D eigenvalue weighted by Gasteiger charge is 2.32. The summed E-state index contributed by atoms with van der Waals surface area (Å²) in [7, 11) is -4.20. The predicted molar refractivity (Wildman–Crippen MR) is 101 cm³/mol. The Balaban J connectivity index is 1.86. The molecule has 0 saturated carbocycles. The second-order valence-electron chi connectivity index (χ2n) is 7.54. The zero-order valence-corrected chi connectivity index (χ0v) is 17.4. The first-order valence-electron chi connectivity index (χ1n) is 9.10. The van der Waals surface area contributed by atoms with Crippen molar-refractivity contribution >= 4 is 22.0 Å². The molecule has 0 spiro atoms. The van der Waals surface area contributed by atoms with E-state index in [2.05, 4.69) is 5.32 Å². The van der Waals surface area contributed by atoms with E-state index in [0.717, 1.165) is 16.4 Å². The molecule has 162 valence electrons. The van der Waals surface area contributed by atoms with Gasteiger partial charge in [0.05, 0.1) is 0 Å². The van der Waals surface area contributed by atoms with Gasteiger partial charge in [0, 0.05) is 39.1 Å². The number of nitrogens with one attached hydrogen (secondary N) is 1. The van der Waals surface area contributed by atoms with Crippen molar-refractivity contribution in [3.05, 3.63) is 29.8 Å². The number of amides is 2. The molecule has 11 heteroatoms. The lowest BCUT2D eigenvalue weighted by molar-refractivity contribution is -0.132. The minimum absolute atomic E-state index is 0.0323. The fourth-order valence-corrected chi connectivity index (χ4v) is 4.23. The Labute approximate surface area is 168 Å². The molecular weight excluding hydrogens is 408 g/mol. The number of halogens is 2. The monoisotopic (exact) mass is 433 g/mol. The number of benzene rings is 1. The van der Waals surface area contributed by atoms with Crippen LogP contribution in [0.4, 0.5) is 13.6 Å². The third kappa shape index (κ3) is 6.36. The largest absolute Gasteiger partial charge is 0.444 e. The van der Waals surface area contributed by atoms with E-state index in [0.29, 0.717) is 6.07 Å². The minimum Gasteiger partial charge on any atom is -0.444 e. The summed E-state index contributed by atoms with van der Waals surface area (Å²) in [6, 6.07) is 2.25. The summed E-state index contributed by atoms with van der Waals surface area (Å²) >= 11 is 0. The number of carbonyl (C=O) groups is 2. The van der Waals surface area contributed by atoms with Crippen LogP contribution in [0.2, 0.25) is 0 Å². The van der Waals surface area contributed by atoms with E-state index in [1.165, 1.54) is 4.90 Å². The Kier molecular flexibility index (Phi) is 7.17. The van der Waals surface area contributed by atoms with Gasteiger partial charge in [0.1, 0.15) is 22.1 Å². The second-order valence-corrected chi connectivity index (χ2v) is 9.44. The molecule has 1 fully saturated rings. The molecule has 1 saturated heterocycles. The lowest BCUT2D eigenvalue weighted by Gasteiger charge is -2.34. The van der Waals surface area contributed by atoms with Crippen LogP contribution in [0, 0.1) is 11.6 Å². The van der Waals surface area contributed by atoms with Crippen molar-refractivity contribution in [1.82, 2.24) is 14.5 Å². The van der Waals surface area contributed by atoms with Crippen molar-refractivity contribution in [2.45, 2.75) is 37.7 Å². The fourth-order valence-electron chi connectivity index (χ4n) is 2.74. The smallest absolute Gasteiger partial charge is 0.407 e. The quantitative estimate of drug-likeness (QED) is 0.763. The average molecular weight is 433 g/mol. The van der Waals surface area contributed by atoms with Gasteiger partial charge in [0.25, 0.3) is 0 Å². The molecule has 0 bridgehead atoms. The summed E-state index contributed by atoms with van der Waals surface area (Å²) in [5.74, 6) is -2.13. The molecule has 1 aromatic carbocycles. The molecule has 1 N–H and O–H groups in total. The highest BCUT2D eigenvalue weighted by Crippen LogP contribution is 2.21. The number of hydrogen-bond donors (Lipinski definition) is 1. The molecule has 0 aliphatic carbocycles. The van der Waals surface area contributed by atoms with E-state index in [4.69, 9.17) is 4.74 Å². The maximum Gasteiger partial charge on any atom is 0.407 e. The van der Waals surface area contributed by atoms with Crippen LogP contribution in [0.3, 0.4) is 0 Å². The van der Waals surface area contributed by atoms with Crippen LogP contribution in [0.1, 0.15) is 27.2 Å². The van der Waals surface area contributed by atoms with E-state index < -0.39 is 38.2 Å². The molecule has 1 aliphatic heterocycles. The number of piperazine rings is 1. The molecular formula is C18H25F2N3O5S. The van der Waals surface area contributed by atoms with Gasteiger partial charge in [-0.2, -0.15) is 4.31 Å². The lowest BCUT2D eigenvalue weighted by Crippen LogP contribution is -2.51. The average Bonchev–Trinajstić information content (AvgIpc) is 2.62. The summed E-state index contributed by atoms with van der Waals surface area (Å²) in [6.07, 6.45) is -0.594. The van der Waals surface area contributed by atoms with E-state index >= 15 is 0 Å². The van der Waals surface area contributed by atoms with Crippen molar-refractivity contribution in [3.63, 3.8) is 0 Å². The SMILES string of the molecule is CC(C)(C)OC(=O)NCCC(=O)N1CCN(S(=O)(=O)c2cc(F)ccc2F)CC1. The summed E-state index contributed by atoms with van der Waals surface area (Å²) in [5.41, 5.74) is -0.642. The molecule has 2 amide bonds. The first kappa shape index (κ1) is 23.0. The number of alkyl carbamates (subject to hydrolysis) is 1. The van der Waals surface area contributed by atoms with Crippen molar-refractivity contribution < 1.29 is 31.5 Å². The van der Waals surface area contributed by atoms with Gasteiger partial charge in [-0.1, -0.05) is 0 Å². The summed E-state index contributed by atoms with van der Waals surface area (Å²) < 4.78 is 58.4. The van der Waals surface area contributed by atoms with Crippen LogP contribution in [0.25, 0.3) is 0 Å². The number of carbonyl (C=O) groups excluding carboxylic acids is 2. The molecule has 0 radical (unpaired) electrons. The summed E-state index contributed by atoms with van der Waals surface area (Å²) in [5, 5.41) is 2.48. The first-order chi connectivity index (χ1) is 13.4. The van der Waals surface area contributed by atoms with Crippen molar-refractivity contribution in [2.24, 2.45) is 0 Å². The van der Waals surface area contributed by atoms with Gasteiger partial charge in [0.2, 0.25) is 15.9 Å². The second kappa shape index (κ2) is 9.04. The summed E-state index contributed by atoms with van der Waals surface area (Å²) in [6.45, 7) is 5.40. The Morgan fingerprint density at radius 2 is 1.76 bits per heavy atom. The van der Waals surface area contributed by atoms with Crippen LogP contribution in [0.15, 0.2) is 23.1 Å². The summed E-state index contributed by atoms with van der Waals surface area (Å²) in [4.78, 5) is 24.6. The van der Waals surface area contributed by atoms with Crippen LogP contribution in [-0.2, 0) is 19.6 Å². The van der Waals surface area contributed by atoms with Crippen LogP contribution in [0.5, 0.6) is 0 Å². The molecule has 1 heterocycles. The van der Waals surface area contributed by atoms with Gasteiger partial charge in [-0.05, 0) is 39.0 Å². The topological polar surface area (TPSA) is 96.0 Å². The Hall–Kier alpha value is -2.27. The van der Waals surface area contributed by atoms with E-state index in [9.17, 15) is 26.8 Å². The molecule has 0 atom stereocenters. The van der Waals surface area contributed by atoms with Crippen LogP contribution < -0.4 is 5.32 Å². The highest BCUT2D eigenvalue weighted by atomic mass is 32.2. The molecule has 2 rings (SSSR count). The van der Waals surface area contributed by atoms with E-state index in [1.807, 2.05) is 0 Å². The first-order valence-corrected chi connectivity index (χ1v) is 10.5. The van der Waals surface area contributed by atoms with Gasteiger partial charge >= 0.3 is 6.09 Å². The van der Waals surface area contributed by atoms with Gasteiger partial charge in [-0.25, -0.2) is 22.0 Å². The number of sulfonamides is 1. The third-order valence-corrected chi connectivity index (χ3v) is 6.02. The number of ether oxygens (including phenoxy) is 1. The highest BCUT2D eigenvalue weighted by molar-refractivity contribution is 7.89. The van der Waals surface area contributed by atoms with Gasteiger partial charge in [-0.3, -0.25) is 4.79 Å². The fraction of sp³-hybridized carbons (Fsp3) is 0.556. The standard InChI is InChI=1S/C18H25F2N3O5S/c1-18(2,3)28-17(25)21-7-6-16(24)22-8-10-23(11-9-22)29(26,27)15-12-13(19)4-5-14(15)20/h4-5,12H,6-11H2,1-3H3,(H,21,25). The van der Waals surface area contributed by atoms with E-state index in [-0.39, 0.29) is 45.1 Å². The molecule has 1 aliphatic rings. The Morgan fingerprint density at radius 1 is 1.14 bits per heavy atom. The third-order valence-electron chi connectivity index (χ3n) is 4.11. The minimum atomic E-state index is -4.20. The lowest BCUT2D eigenvalue weighted by atomic mass is 10.2. The van der Waals surface area contributed by atoms with Gasteiger partial charge in [-0.15, -0.1) is 0 Å². The van der Waals surface area contributed by atoms with Crippen LogP contribution in [-0.4, -0.2) is 67.9 Å². The molecule has 0 unspecified atom stereocenters. The molecule has 0 aromatic heterocycles. The predicted octanol–water partition coefficient (Wildman–Crippen LogP) is 1.71. The van der Waals surface area contributed by atoms with Gasteiger partial charge in [0.15, 0.2) is 0 Å². The normalized spacial score (nSPS) is 15.8. The number of rotatable bonds is 5. The zero-order valence-electron chi connectivity index (χ0n) is 16.6. The van der Waals surface area contributed by atoms with Crippen molar-refractivity contribution in [1.29, 1.82) is 0 Å². The maximum atomic E-state index is 13.9.